The highest BCUT2D eigenvalue weighted by molar-refractivity contribution is 7.13. The van der Waals surface area contributed by atoms with Crippen LogP contribution in [-0.2, 0) is 6.42 Å². The average Bonchev–Trinajstić information content (AvgIpc) is 3.34. The summed E-state index contributed by atoms with van der Waals surface area (Å²) in [5.41, 5.74) is 1.46. The van der Waals surface area contributed by atoms with Crippen molar-refractivity contribution < 1.29 is 0 Å². The molecule has 0 saturated carbocycles. The van der Waals surface area contributed by atoms with Gasteiger partial charge in [-0.3, -0.25) is 0 Å². The van der Waals surface area contributed by atoms with E-state index in [9.17, 15) is 0 Å². The molecule has 0 radical (unpaired) electrons. The Kier molecular flexibility index (Phi) is 10.9. The molecule has 2 aromatic rings. The number of piperidine rings is 1. The summed E-state index contributed by atoms with van der Waals surface area (Å²) in [5, 5.41) is 7.19. The lowest BCUT2D eigenvalue weighted by Gasteiger charge is -2.38. The maximum Gasteiger partial charge on any atom is 0.185 e. The van der Waals surface area contributed by atoms with E-state index in [1.165, 1.54) is 81.4 Å². The molecule has 4 heteroatoms. The van der Waals surface area contributed by atoms with Crippen molar-refractivity contribution in [3.63, 3.8) is 0 Å². The molecule has 0 bridgehead atoms. The number of hydrogen-bond acceptors (Lipinski definition) is 4. The van der Waals surface area contributed by atoms with Crippen LogP contribution >= 0.6 is 11.3 Å². The Labute approximate surface area is 194 Å². The molecule has 31 heavy (non-hydrogen) atoms. The Bertz CT molecular complexity index is 682. The first-order valence-electron chi connectivity index (χ1n) is 12.7. The molecule has 172 valence electrons. The van der Waals surface area contributed by atoms with E-state index < -0.39 is 0 Å². The van der Waals surface area contributed by atoms with Gasteiger partial charge in [0.1, 0.15) is 0 Å². The lowest BCUT2D eigenvalue weighted by Crippen LogP contribution is -2.47. The van der Waals surface area contributed by atoms with E-state index in [0.29, 0.717) is 18.0 Å². The number of unbranched alkanes of at least 4 members (excludes halogenated alkanes) is 5. The topological polar surface area (TPSA) is 28.2 Å². The normalized spacial score (nSPS) is 18.6. The van der Waals surface area contributed by atoms with Crippen molar-refractivity contribution in [1.82, 2.24) is 10.3 Å². The van der Waals surface area contributed by atoms with Crippen LogP contribution in [-0.4, -0.2) is 30.2 Å². The molecular formula is C27H43N3S. The number of benzene rings is 1. The summed E-state index contributed by atoms with van der Waals surface area (Å²) in [7, 11) is 0. The van der Waals surface area contributed by atoms with Crippen LogP contribution in [0.25, 0.3) is 0 Å². The third-order valence-electron chi connectivity index (χ3n) is 6.86. The van der Waals surface area contributed by atoms with E-state index in [1.807, 2.05) is 6.20 Å². The third-order valence-corrected chi connectivity index (χ3v) is 7.67. The molecule has 1 aromatic carbocycles. The van der Waals surface area contributed by atoms with E-state index in [1.54, 1.807) is 11.3 Å². The van der Waals surface area contributed by atoms with Gasteiger partial charge in [0, 0.05) is 30.2 Å². The van der Waals surface area contributed by atoms with E-state index in [2.05, 4.69) is 59.8 Å². The molecule has 3 atom stereocenters. The van der Waals surface area contributed by atoms with Crippen LogP contribution in [0, 0.1) is 5.92 Å². The maximum absolute atomic E-state index is 4.74. The number of anilines is 1. The summed E-state index contributed by atoms with van der Waals surface area (Å²) in [4.78, 5) is 7.36. The standard InChI is InChI=1S/C27H43N3S/c1-3-4-5-6-7-9-14-23(2)30(27-29-19-20-31-27)22-25(26-17-12-13-18-28-26)21-24-15-10-8-11-16-24/h8,10-11,15-16,19-20,23,25-26,28H,3-7,9,12-14,17-18,21-22H2,1-2H3. The summed E-state index contributed by atoms with van der Waals surface area (Å²) in [5.74, 6) is 0.610. The number of nitrogens with one attached hydrogen (secondary N) is 1. The fraction of sp³-hybridized carbons (Fsp3) is 0.667. The fourth-order valence-electron chi connectivity index (χ4n) is 4.96. The second kappa shape index (κ2) is 13.9. The molecule has 3 nitrogen and oxygen atoms in total. The molecule has 2 heterocycles. The Morgan fingerprint density at radius 1 is 1.10 bits per heavy atom. The first-order chi connectivity index (χ1) is 15.3. The van der Waals surface area contributed by atoms with E-state index in [-0.39, 0.29) is 0 Å². The summed E-state index contributed by atoms with van der Waals surface area (Å²) in [6, 6.07) is 12.2. The predicted molar refractivity (Wildman–Crippen MR) is 136 cm³/mol. The molecule has 3 unspecified atom stereocenters. The van der Waals surface area contributed by atoms with Gasteiger partial charge in [0.05, 0.1) is 0 Å². The van der Waals surface area contributed by atoms with Crippen LogP contribution in [0.4, 0.5) is 5.13 Å². The van der Waals surface area contributed by atoms with E-state index in [4.69, 9.17) is 4.98 Å². The van der Waals surface area contributed by atoms with Crippen molar-refractivity contribution in [2.24, 2.45) is 5.92 Å². The van der Waals surface area contributed by atoms with Crippen LogP contribution in [0.5, 0.6) is 0 Å². The Hall–Kier alpha value is -1.39. The average molecular weight is 442 g/mol. The van der Waals surface area contributed by atoms with Crippen LogP contribution in [0.3, 0.4) is 0 Å². The zero-order valence-corrected chi connectivity index (χ0v) is 20.6. The summed E-state index contributed by atoms with van der Waals surface area (Å²) in [6.45, 7) is 6.97. The number of thiazole rings is 1. The molecule has 1 aromatic heterocycles. The second-order valence-corrected chi connectivity index (χ2v) is 10.3. The van der Waals surface area contributed by atoms with Gasteiger partial charge in [-0.1, -0.05) is 82.2 Å². The molecule has 0 amide bonds. The number of aromatic nitrogens is 1. The van der Waals surface area contributed by atoms with Crippen molar-refractivity contribution in [3.8, 4) is 0 Å². The number of rotatable bonds is 14. The molecular weight excluding hydrogens is 398 g/mol. The largest absolute Gasteiger partial charge is 0.345 e. The van der Waals surface area contributed by atoms with Crippen molar-refractivity contribution in [1.29, 1.82) is 0 Å². The molecule has 1 saturated heterocycles. The number of hydrogen-bond donors (Lipinski definition) is 1. The first-order valence-corrected chi connectivity index (χ1v) is 13.6. The Morgan fingerprint density at radius 2 is 1.90 bits per heavy atom. The molecule has 1 fully saturated rings. The molecule has 0 spiro atoms. The maximum atomic E-state index is 4.74. The highest BCUT2D eigenvalue weighted by Crippen LogP contribution is 2.28. The Balaban J connectivity index is 1.65. The zero-order chi connectivity index (χ0) is 21.7. The quantitative estimate of drug-likeness (QED) is 0.317. The number of nitrogens with zero attached hydrogens (tertiary/aromatic N) is 2. The van der Waals surface area contributed by atoms with Gasteiger partial charge in [-0.15, -0.1) is 11.3 Å². The summed E-state index contributed by atoms with van der Waals surface area (Å²) < 4.78 is 0. The lowest BCUT2D eigenvalue weighted by atomic mass is 9.86. The highest BCUT2D eigenvalue weighted by atomic mass is 32.1. The van der Waals surface area contributed by atoms with Crippen LogP contribution in [0.2, 0.25) is 0 Å². The van der Waals surface area contributed by atoms with Crippen molar-refractivity contribution in [3.05, 3.63) is 47.5 Å². The second-order valence-electron chi connectivity index (χ2n) is 9.38. The minimum Gasteiger partial charge on any atom is -0.345 e. The third kappa shape index (κ3) is 8.23. The smallest absolute Gasteiger partial charge is 0.185 e. The molecule has 1 N–H and O–H groups in total. The molecule has 3 rings (SSSR count). The zero-order valence-electron chi connectivity index (χ0n) is 19.8. The van der Waals surface area contributed by atoms with Crippen LogP contribution < -0.4 is 10.2 Å². The van der Waals surface area contributed by atoms with Gasteiger partial charge >= 0.3 is 0 Å². The van der Waals surface area contributed by atoms with Gasteiger partial charge in [0.25, 0.3) is 0 Å². The lowest BCUT2D eigenvalue weighted by molar-refractivity contribution is 0.288. The van der Waals surface area contributed by atoms with Crippen LogP contribution in [0.15, 0.2) is 41.9 Å². The molecule has 1 aliphatic heterocycles. The monoisotopic (exact) mass is 441 g/mol. The van der Waals surface area contributed by atoms with Crippen molar-refractivity contribution in [2.75, 3.05) is 18.0 Å². The van der Waals surface area contributed by atoms with Crippen molar-refractivity contribution >= 4 is 16.5 Å². The molecule has 1 aliphatic rings. The minimum atomic E-state index is 0.541. The Morgan fingerprint density at radius 3 is 2.61 bits per heavy atom. The summed E-state index contributed by atoms with van der Waals surface area (Å²) in [6.07, 6.45) is 16.5. The SMILES string of the molecule is CCCCCCCCC(C)N(CC(Cc1ccccc1)C1CCCCN1)c1nccs1. The van der Waals surface area contributed by atoms with Gasteiger partial charge in [-0.05, 0) is 50.6 Å². The minimum absolute atomic E-state index is 0.541. The molecule has 0 aliphatic carbocycles. The van der Waals surface area contributed by atoms with Gasteiger partial charge in [-0.25, -0.2) is 4.98 Å². The van der Waals surface area contributed by atoms with Crippen LogP contribution in [0.1, 0.15) is 83.6 Å². The fourth-order valence-corrected chi connectivity index (χ4v) is 5.72. The van der Waals surface area contributed by atoms with Crippen molar-refractivity contribution in [2.45, 2.75) is 96.6 Å². The van der Waals surface area contributed by atoms with E-state index in [0.717, 1.165) is 13.0 Å². The van der Waals surface area contributed by atoms with E-state index >= 15 is 0 Å². The first kappa shape index (κ1) is 24.3. The van der Waals surface area contributed by atoms with Gasteiger partial charge < -0.3 is 10.2 Å². The van der Waals surface area contributed by atoms with Gasteiger partial charge in [0.15, 0.2) is 5.13 Å². The van der Waals surface area contributed by atoms with Gasteiger partial charge in [-0.2, -0.15) is 0 Å². The predicted octanol–water partition coefficient (Wildman–Crippen LogP) is 7.09. The summed E-state index contributed by atoms with van der Waals surface area (Å²) >= 11 is 1.80. The van der Waals surface area contributed by atoms with Gasteiger partial charge in [0.2, 0.25) is 0 Å². The highest BCUT2D eigenvalue weighted by Gasteiger charge is 2.28.